The molecule has 2 N–H and O–H groups in total. The third kappa shape index (κ3) is 5.95. The van der Waals surface area contributed by atoms with Gasteiger partial charge in [0.15, 0.2) is 5.78 Å². The molecule has 0 saturated carbocycles. The highest BCUT2D eigenvalue weighted by Crippen LogP contribution is 2.21. The van der Waals surface area contributed by atoms with Crippen LogP contribution in [0.15, 0.2) is 59.5 Å². The van der Waals surface area contributed by atoms with Crippen molar-refractivity contribution in [3.8, 4) is 5.75 Å². The monoisotopic (exact) mass is 542 g/mol. The minimum Gasteiger partial charge on any atom is -0.497 e. The number of halogens is 1. The van der Waals surface area contributed by atoms with Crippen molar-refractivity contribution < 1.29 is 27.1 Å². The molecule has 38 heavy (non-hydrogen) atoms. The molecule has 0 spiro atoms. The molecule has 1 amide bonds. The van der Waals surface area contributed by atoms with Gasteiger partial charge in [0, 0.05) is 38.4 Å². The Bertz CT molecular complexity index is 1410. The van der Waals surface area contributed by atoms with Crippen molar-refractivity contribution in [2.45, 2.75) is 24.8 Å². The Kier molecular flexibility index (Phi) is 8.29. The van der Waals surface area contributed by atoms with Crippen molar-refractivity contribution in [1.29, 1.82) is 0 Å². The first-order chi connectivity index (χ1) is 18.1. The number of benzene rings is 2. The van der Waals surface area contributed by atoms with E-state index in [0.717, 1.165) is 23.4 Å². The number of hydrogen-bond acceptors (Lipinski definition) is 6. The van der Waals surface area contributed by atoms with Crippen molar-refractivity contribution >= 4 is 21.7 Å². The number of piperazine rings is 1. The normalized spacial score (nSPS) is 14.9. The van der Waals surface area contributed by atoms with Crippen LogP contribution in [0.5, 0.6) is 5.75 Å². The summed E-state index contributed by atoms with van der Waals surface area (Å²) >= 11 is 0. The average molecular weight is 543 g/mol. The Labute approximate surface area is 221 Å². The van der Waals surface area contributed by atoms with Gasteiger partial charge in [-0.2, -0.15) is 4.31 Å². The second kappa shape index (κ2) is 11.5. The van der Waals surface area contributed by atoms with Crippen molar-refractivity contribution in [2.24, 2.45) is 5.73 Å². The molecule has 202 valence electrons. The van der Waals surface area contributed by atoms with Gasteiger partial charge in [0.25, 0.3) is 5.91 Å². The van der Waals surface area contributed by atoms with Crippen molar-refractivity contribution in [3.63, 3.8) is 0 Å². The van der Waals surface area contributed by atoms with E-state index in [-0.39, 0.29) is 30.3 Å². The summed E-state index contributed by atoms with van der Waals surface area (Å²) in [6.07, 6.45) is 0.637. The predicted molar refractivity (Wildman–Crippen MR) is 140 cm³/mol. The maximum absolute atomic E-state index is 13.4. The fraction of sp³-hybridized carbons (Fsp3) is 0.333. The summed E-state index contributed by atoms with van der Waals surface area (Å²) in [5.41, 5.74) is 7.94. The fourth-order valence-corrected chi connectivity index (χ4v) is 6.04. The molecule has 1 aliphatic rings. The number of nitrogens with zero attached hydrogens (tertiary/aromatic N) is 3. The van der Waals surface area contributed by atoms with Crippen LogP contribution in [0.25, 0.3) is 0 Å². The standard InChI is InChI=1S/C27H31FN4O5S/c1-19-24(27(29)34)17-25(32(19)12-11-20-3-7-22(37-2)8-4-20)26(33)18-30-13-15-31(16-14-30)38(35,36)23-9-5-21(28)6-10-23/h3-10,17H,11-16,18H2,1-2H3,(H2,29,34). The van der Waals surface area contributed by atoms with Gasteiger partial charge in [-0.15, -0.1) is 0 Å². The summed E-state index contributed by atoms with van der Waals surface area (Å²) in [4.78, 5) is 27.3. The van der Waals surface area contributed by atoms with Gasteiger partial charge < -0.3 is 15.0 Å². The third-order valence-corrected chi connectivity index (χ3v) is 8.76. The lowest BCUT2D eigenvalue weighted by Gasteiger charge is -2.33. The number of Topliss-reactive ketones (excluding diaryl/α,β-unsaturated/α-hetero) is 1. The van der Waals surface area contributed by atoms with Gasteiger partial charge in [-0.1, -0.05) is 12.1 Å². The van der Waals surface area contributed by atoms with Gasteiger partial charge in [-0.25, -0.2) is 12.8 Å². The summed E-state index contributed by atoms with van der Waals surface area (Å²) in [6, 6.07) is 13.9. The van der Waals surface area contributed by atoms with Crippen LogP contribution < -0.4 is 10.5 Å². The Morgan fingerprint density at radius 3 is 2.21 bits per heavy atom. The van der Waals surface area contributed by atoms with Gasteiger partial charge in [0.05, 0.1) is 29.8 Å². The molecule has 0 aliphatic carbocycles. The zero-order valence-corrected chi connectivity index (χ0v) is 22.2. The largest absolute Gasteiger partial charge is 0.497 e. The smallest absolute Gasteiger partial charge is 0.250 e. The lowest BCUT2D eigenvalue weighted by molar-refractivity contribution is 0.0892. The number of ether oxygens (including phenoxy) is 1. The zero-order chi connectivity index (χ0) is 27.4. The second-order valence-corrected chi connectivity index (χ2v) is 11.1. The summed E-state index contributed by atoms with van der Waals surface area (Å²) in [5, 5.41) is 0. The Balaban J connectivity index is 1.43. The zero-order valence-electron chi connectivity index (χ0n) is 21.4. The van der Waals surface area contributed by atoms with Crippen molar-refractivity contribution in [1.82, 2.24) is 13.8 Å². The van der Waals surface area contributed by atoms with Crippen molar-refractivity contribution in [3.05, 3.63) is 82.9 Å². The Morgan fingerprint density at radius 1 is 1.00 bits per heavy atom. The molecule has 1 aliphatic heterocycles. The van der Waals surface area contributed by atoms with E-state index in [1.165, 1.54) is 16.4 Å². The number of amides is 1. The summed E-state index contributed by atoms with van der Waals surface area (Å²) in [6.45, 7) is 3.46. The minimum atomic E-state index is -3.75. The molecule has 1 fully saturated rings. The summed E-state index contributed by atoms with van der Waals surface area (Å²) < 4.78 is 47.3. The first kappa shape index (κ1) is 27.5. The lowest BCUT2D eigenvalue weighted by atomic mass is 10.1. The molecular weight excluding hydrogens is 511 g/mol. The number of nitrogens with two attached hydrogens (primary N) is 1. The van der Waals surface area contributed by atoms with Gasteiger partial charge in [-0.3, -0.25) is 14.5 Å². The van der Waals surface area contributed by atoms with Gasteiger partial charge in [-0.05, 0) is 61.4 Å². The van der Waals surface area contributed by atoms with Gasteiger partial charge in [0.2, 0.25) is 10.0 Å². The second-order valence-electron chi connectivity index (χ2n) is 9.20. The van der Waals surface area contributed by atoms with Crippen molar-refractivity contribution in [2.75, 3.05) is 39.8 Å². The van der Waals surface area contributed by atoms with E-state index in [2.05, 4.69) is 0 Å². The maximum Gasteiger partial charge on any atom is 0.250 e. The van der Waals surface area contributed by atoms with Crippen LogP contribution in [-0.2, 0) is 23.0 Å². The Morgan fingerprint density at radius 2 is 1.63 bits per heavy atom. The number of carbonyl (C=O) groups is 2. The van der Waals surface area contributed by atoms with Crippen LogP contribution in [0.3, 0.4) is 0 Å². The van der Waals surface area contributed by atoms with Crippen LogP contribution in [0.2, 0.25) is 0 Å². The number of aryl methyl sites for hydroxylation is 1. The van der Waals surface area contributed by atoms with E-state index < -0.39 is 21.7 Å². The number of ketones is 1. The molecule has 0 radical (unpaired) electrons. The van der Waals surface area contributed by atoms with E-state index in [1.54, 1.807) is 20.1 Å². The number of hydrogen-bond donors (Lipinski definition) is 1. The summed E-state index contributed by atoms with van der Waals surface area (Å²) in [7, 11) is -2.14. The number of rotatable bonds is 10. The number of methoxy groups -OCH3 is 1. The van der Waals surface area contributed by atoms with E-state index in [0.29, 0.717) is 43.0 Å². The first-order valence-corrected chi connectivity index (χ1v) is 13.7. The minimum absolute atomic E-state index is 0.0348. The number of carbonyl (C=O) groups excluding carboxylic acids is 2. The molecule has 2 aromatic carbocycles. The SMILES string of the molecule is COc1ccc(CCn2c(C(=O)CN3CCN(S(=O)(=O)c4ccc(F)cc4)CC3)cc(C(N)=O)c2C)cc1. The molecule has 0 unspecified atom stereocenters. The fourth-order valence-electron chi connectivity index (χ4n) is 4.61. The van der Waals surface area contributed by atoms with Crippen LogP contribution in [0.4, 0.5) is 4.39 Å². The molecule has 1 saturated heterocycles. The highest BCUT2D eigenvalue weighted by atomic mass is 32.2. The van der Waals surface area contributed by atoms with Crippen LogP contribution in [0, 0.1) is 12.7 Å². The van der Waals surface area contributed by atoms with E-state index in [9.17, 15) is 22.4 Å². The molecule has 2 heterocycles. The van der Waals surface area contributed by atoms with Gasteiger partial charge in [0.1, 0.15) is 11.6 Å². The Hall–Kier alpha value is -3.54. The lowest BCUT2D eigenvalue weighted by Crippen LogP contribution is -2.49. The molecular formula is C27H31FN4O5S. The van der Waals surface area contributed by atoms with E-state index in [1.807, 2.05) is 33.7 Å². The molecule has 0 bridgehead atoms. The maximum atomic E-state index is 13.4. The van der Waals surface area contributed by atoms with Crippen LogP contribution in [0.1, 0.15) is 32.1 Å². The van der Waals surface area contributed by atoms with E-state index >= 15 is 0 Å². The third-order valence-electron chi connectivity index (χ3n) is 6.85. The predicted octanol–water partition coefficient (Wildman–Crippen LogP) is 2.48. The average Bonchev–Trinajstić information content (AvgIpc) is 3.24. The molecule has 9 nitrogen and oxygen atoms in total. The first-order valence-electron chi connectivity index (χ1n) is 12.2. The van der Waals surface area contributed by atoms with Crippen LogP contribution >= 0.6 is 0 Å². The highest BCUT2D eigenvalue weighted by Gasteiger charge is 2.30. The molecule has 1 aromatic heterocycles. The molecule has 3 aromatic rings. The van der Waals surface area contributed by atoms with E-state index in [4.69, 9.17) is 10.5 Å². The number of sulfonamides is 1. The topological polar surface area (TPSA) is 115 Å². The molecule has 0 atom stereocenters. The molecule has 11 heteroatoms. The number of aromatic nitrogens is 1. The van der Waals surface area contributed by atoms with Gasteiger partial charge >= 0.3 is 0 Å². The number of primary amides is 1. The highest BCUT2D eigenvalue weighted by molar-refractivity contribution is 7.89. The quantitative estimate of drug-likeness (QED) is 0.394. The molecule has 4 rings (SSSR count). The summed E-state index contributed by atoms with van der Waals surface area (Å²) in [5.74, 6) is -0.524. The van der Waals surface area contributed by atoms with Crippen LogP contribution in [-0.4, -0.2) is 73.7 Å².